The van der Waals surface area contributed by atoms with Crippen molar-refractivity contribution in [3.63, 3.8) is 0 Å². The molecule has 5 nitrogen and oxygen atoms in total. The van der Waals surface area contributed by atoms with Crippen molar-refractivity contribution in [2.45, 2.75) is 13.3 Å². The third-order valence-corrected chi connectivity index (χ3v) is 4.32. The Morgan fingerprint density at radius 3 is 2.63 bits per heavy atom. The standard InChI is InChI=1S/C13H16BrN3O2/c1-13(12(16)19)4-5-17(7-13)11(18)8-2-3-9(14)10(15)6-8/h2-3,6H,4-5,7,15H2,1H3,(H2,16,19). The van der Waals surface area contributed by atoms with Crippen molar-refractivity contribution in [2.24, 2.45) is 11.1 Å². The van der Waals surface area contributed by atoms with Gasteiger partial charge in [-0.25, -0.2) is 0 Å². The van der Waals surface area contributed by atoms with Crippen LogP contribution in [0.4, 0.5) is 5.69 Å². The molecule has 0 spiro atoms. The number of nitrogens with two attached hydrogens (primary N) is 2. The molecule has 2 rings (SSSR count). The van der Waals surface area contributed by atoms with E-state index in [1.807, 2.05) is 0 Å². The molecule has 4 N–H and O–H groups in total. The maximum absolute atomic E-state index is 12.3. The first-order valence-corrected chi connectivity index (χ1v) is 6.77. The third kappa shape index (κ3) is 2.58. The van der Waals surface area contributed by atoms with Crippen LogP contribution in [0.5, 0.6) is 0 Å². The lowest BCUT2D eigenvalue weighted by Gasteiger charge is -2.21. The zero-order valence-electron chi connectivity index (χ0n) is 10.6. The highest BCUT2D eigenvalue weighted by molar-refractivity contribution is 9.10. The number of halogens is 1. The van der Waals surface area contributed by atoms with Crippen LogP contribution < -0.4 is 11.5 Å². The monoisotopic (exact) mass is 325 g/mol. The van der Waals surface area contributed by atoms with Gasteiger partial charge in [0.2, 0.25) is 5.91 Å². The molecule has 0 aromatic heterocycles. The lowest BCUT2D eigenvalue weighted by atomic mass is 9.89. The molecule has 1 aromatic rings. The van der Waals surface area contributed by atoms with Crippen molar-refractivity contribution < 1.29 is 9.59 Å². The fourth-order valence-corrected chi connectivity index (χ4v) is 2.44. The smallest absolute Gasteiger partial charge is 0.253 e. The van der Waals surface area contributed by atoms with Gasteiger partial charge in [-0.3, -0.25) is 9.59 Å². The quantitative estimate of drug-likeness (QED) is 0.805. The summed E-state index contributed by atoms with van der Waals surface area (Å²) in [5, 5.41) is 0. The molecule has 0 aliphatic carbocycles. The van der Waals surface area contributed by atoms with Gasteiger partial charge < -0.3 is 16.4 Å². The number of hydrogen-bond acceptors (Lipinski definition) is 3. The van der Waals surface area contributed by atoms with E-state index in [1.165, 1.54) is 0 Å². The molecule has 2 amide bonds. The summed E-state index contributed by atoms with van der Waals surface area (Å²) < 4.78 is 0.757. The first-order chi connectivity index (χ1) is 8.83. The van der Waals surface area contributed by atoms with Gasteiger partial charge in [-0.05, 0) is 47.5 Å². The Morgan fingerprint density at radius 2 is 2.11 bits per heavy atom. The number of carbonyl (C=O) groups excluding carboxylic acids is 2. The summed E-state index contributed by atoms with van der Waals surface area (Å²) in [7, 11) is 0. The van der Waals surface area contributed by atoms with Crippen LogP contribution in [0.25, 0.3) is 0 Å². The second-order valence-electron chi connectivity index (χ2n) is 5.14. The van der Waals surface area contributed by atoms with E-state index < -0.39 is 5.41 Å². The molecule has 1 aliphatic heterocycles. The summed E-state index contributed by atoms with van der Waals surface area (Å²) in [6.45, 7) is 2.68. The topological polar surface area (TPSA) is 89.4 Å². The molecule has 1 unspecified atom stereocenters. The highest BCUT2D eigenvalue weighted by Crippen LogP contribution is 2.31. The summed E-state index contributed by atoms with van der Waals surface area (Å²) in [5.74, 6) is -0.484. The molecule has 0 radical (unpaired) electrons. The van der Waals surface area contributed by atoms with Crippen molar-refractivity contribution in [2.75, 3.05) is 18.8 Å². The summed E-state index contributed by atoms with van der Waals surface area (Å²) in [6, 6.07) is 5.08. The van der Waals surface area contributed by atoms with Crippen LogP contribution in [0.3, 0.4) is 0 Å². The molecule has 102 valence electrons. The van der Waals surface area contributed by atoms with Gasteiger partial charge in [0.1, 0.15) is 0 Å². The minimum absolute atomic E-state index is 0.121. The van der Waals surface area contributed by atoms with E-state index in [2.05, 4.69) is 15.9 Å². The van der Waals surface area contributed by atoms with E-state index in [1.54, 1.807) is 30.0 Å². The molecule has 1 heterocycles. The van der Waals surface area contributed by atoms with E-state index in [0.29, 0.717) is 30.8 Å². The molecule has 6 heteroatoms. The number of nitrogen functional groups attached to an aromatic ring is 1. The van der Waals surface area contributed by atoms with Gasteiger partial charge in [-0.2, -0.15) is 0 Å². The van der Waals surface area contributed by atoms with Gasteiger partial charge >= 0.3 is 0 Å². The Kier molecular flexibility index (Phi) is 3.54. The number of amides is 2. The normalized spacial score (nSPS) is 22.5. The number of hydrogen-bond donors (Lipinski definition) is 2. The van der Waals surface area contributed by atoms with Crippen LogP contribution >= 0.6 is 15.9 Å². The van der Waals surface area contributed by atoms with E-state index >= 15 is 0 Å². The van der Waals surface area contributed by atoms with Crippen molar-refractivity contribution in [3.8, 4) is 0 Å². The summed E-state index contributed by atoms with van der Waals surface area (Å²) in [6.07, 6.45) is 0.597. The lowest BCUT2D eigenvalue weighted by Crippen LogP contribution is -2.38. The van der Waals surface area contributed by atoms with Crippen molar-refractivity contribution >= 4 is 33.4 Å². The molecule has 1 saturated heterocycles. The zero-order valence-corrected chi connectivity index (χ0v) is 12.2. The zero-order chi connectivity index (χ0) is 14.2. The largest absolute Gasteiger partial charge is 0.398 e. The number of likely N-dealkylation sites (tertiary alicyclic amines) is 1. The van der Waals surface area contributed by atoms with Crippen LogP contribution in [-0.2, 0) is 4.79 Å². The predicted molar refractivity (Wildman–Crippen MR) is 76.4 cm³/mol. The van der Waals surface area contributed by atoms with E-state index in [9.17, 15) is 9.59 Å². The maximum atomic E-state index is 12.3. The number of benzene rings is 1. The Balaban J connectivity index is 2.18. The van der Waals surface area contributed by atoms with Gasteiger partial charge in [0, 0.05) is 28.8 Å². The van der Waals surface area contributed by atoms with Gasteiger partial charge in [0.25, 0.3) is 5.91 Å². The number of rotatable bonds is 2. The molecule has 0 bridgehead atoms. The molecule has 1 aliphatic rings. The molecular weight excluding hydrogens is 310 g/mol. The third-order valence-electron chi connectivity index (χ3n) is 3.60. The van der Waals surface area contributed by atoms with Gasteiger partial charge in [0.15, 0.2) is 0 Å². The highest BCUT2D eigenvalue weighted by Gasteiger charge is 2.40. The number of anilines is 1. The van der Waals surface area contributed by atoms with Gasteiger partial charge in [-0.1, -0.05) is 0 Å². The Labute approximate surface area is 120 Å². The molecule has 0 saturated carbocycles. The molecular formula is C13H16BrN3O2. The Morgan fingerprint density at radius 1 is 1.42 bits per heavy atom. The lowest BCUT2D eigenvalue weighted by molar-refractivity contribution is -0.126. The summed E-state index contributed by atoms with van der Waals surface area (Å²) in [5.41, 5.74) is 11.6. The average Bonchev–Trinajstić information content (AvgIpc) is 2.76. The minimum atomic E-state index is -0.628. The average molecular weight is 326 g/mol. The van der Waals surface area contributed by atoms with E-state index in [-0.39, 0.29) is 11.8 Å². The van der Waals surface area contributed by atoms with Crippen LogP contribution in [0.1, 0.15) is 23.7 Å². The predicted octanol–water partition coefficient (Wildman–Crippen LogP) is 1.37. The highest BCUT2D eigenvalue weighted by atomic mass is 79.9. The van der Waals surface area contributed by atoms with Crippen LogP contribution in [0.15, 0.2) is 22.7 Å². The van der Waals surface area contributed by atoms with Crippen LogP contribution in [-0.4, -0.2) is 29.8 Å². The number of carbonyl (C=O) groups is 2. The van der Waals surface area contributed by atoms with Crippen LogP contribution in [0, 0.1) is 5.41 Å². The Bertz CT molecular complexity index is 547. The number of nitrogens with zero attached hydrogens (tertiary/aromatic N) is 1. The van der Waals surface area contributed by atoms with Crippen LogP contribution in [0.2, 0.25) is 0 Å². The second kappa shape index (κ2) is 4.85. The minimum Gasteiger partial charge on any atom is -0.398 e. The fraction of sp³-hybridized carbons (Fsp3) is 0.385. The SMILES string of the molecule is CC1(C(N)=O)CCN(C(=O)c2ccc(Br)c(N)c2)C1. The fourth-order valence-electron chi connectivity index (χ4n) is 2.19. The van der Waals surface area contributed by atoms with Crippen molar-refractivity contribution in [1.29, 1.82) is 0 Å². The van der Waals surface area contributed by atoms with E-state index in [0.717, 1.165) is 4.47 Å². The molecule has 1 aromatic carbocycles. The first kappa shape index (κ1) is 13.9. The molecule has 1 fully saturated rings. The van der Waals surface area contributed by atoms with Crippen molar-refractivity contribution in [3.05, 3.63) is 28.2 Å². The summed E-state index contributed by atoms with van der Waals surface area (Å²) in [4.78, 5) is 25.4. The first-order valence-electron chi connectivity index (χ1n) is 5.98. The van der Waals surface area contributed by atoms with Gasteiger partial charge in [0.05, 0.1) is 5.41 Å². The molecule has 1 atom stereocenters. The van der Waals surface area contributed by atoms with Gasteiger partial charge in [-0.15, -0.1) is 0 Å². The second-order valence-corrected chi connectivity index (χ2v) is 5.99. The van der Waals surface area contributed by atoms with Crippen molar-refractivity contribution in [1.82, 2.24) is 4.90 Å². The summed E-state index contributed by atoms with van der Waals surface area (Å²) >= 11 is 3.29. The number of primary amides is 1. The Hall–Kier alpha value is -1.56. The maximum Gasteiger partial charge on any atom is 0.253 e. The molecule has 19 heavy (non-hydrogen) atoms. The van der Waals surface area contributed by atoms with E-state index in [4.69, 9.17) is 11.5 Å².